The van der Waals surface area contributed by atoms with Crippen molar-refractivity contribution in [1.29, 1.82) is 0 Å². The van der Waals surface area contributed by atoms with Crippen LogP contribution >= 0.6 is 23.2 Å². The third-order valence-corrected chi connectivity index (χ3v) is 7.19. The number of halogens is 2. The van der Waals surface area contributed by atoms with Crippen LogP contribution in [0.25, 0.3) is 0 Å². The molecule has 8 heteroatoms. The van der Waals surface area contributed by atoms with E-state index in [0.717, 1.165) is 38.5 Å². The largest absolute Gasteiger partial charge is 0.349 e. The number of benzene rings is 1. The van der Waals surface area contributed by atoms with E-state index >= 15 is 0 Å². The number of sulfonamides is 1. The summed E-state index contributed by atoms with van der Waals surface area (Å²) in [6.07, 6.45) is 9.30. The molecule has 26 heavy (non-hydrogen) atoms. The quantitative estimate of drug-likeness (QED) is 0.748. The molecule has 0 aromatic heterocycles. The molecule has 0 radical (unpaired) electrons. The van der Waals surface area contributed by atoms with E-state index in [1.54, 1.807) is 0 Å². The first-order chi connectivity index (χ1) is 12.4. The Labute approximate surface area is 164 Å². The maximum atomic E-state index is 12.7. The van der Waals surface area contributed by atoms with Gasteiger partial charge in [-0.15, -0.1) is 0 Å². The smallest absolute Gasteiger partial charge is 0.253 e. The molecule has 0 spiro atoms. The molecule has 1 aromatic carbocycles. The molecule has 2 aliphatic carbocycles. The van der Waals surface area contributed by atoms with Gasteiger partial charge in [-0.3, -0.25) is 4.79 Å². The number of amides is 1. The summed E-state index contributed by atoms with van der Waals surface area (Å²) >= 11 is 12.3. The van der Waals surface area contributed by atoms with Crippen molar-refractivity contribution in [2.24, 2.45) is 0 Å². The van der Waals surface area contributed by atoms with E-state index in [9.17, 15) is 13.2 Å². The van der Waals surface area contributed by atoms with Crippen LogP contribution in [0.4, 0.5) is 0 Å². The molecule has 0 saturated heterocycles. The lowest BCUT2D eigenvalue weighted by molar-refractivity contribution is 0.0930. The number of rotatable bonds is 5. The average Bonchev–Trinajstić information content (AvgIpc) is 3.32. The van der Waals surface area contributed by atoms with Crippen LogP contribution in [-0.2, 0) is 10.0 Å². The van der Waals surface area contributed by atoms with E-state index in [1.165, 1.54) is 31.4 Å². The molecule has 2 aliphatic rings. The first-order valence-electron chi connectivity index (χ1n) is 9.19. The highest BCUT2D eigenvalue weighted by Gasteiger charge is 2.30. The van der Waals surface area contributed by atoms with Crippen molar-refractivity contribution < 1.29 is 13.2 Å². The molecule has 144 valence electrons. The molecule has 0 heterocycles. The SMILES string of the molecule is O=C(NC1CCCCCCC1)c1cc(S(=O)(=O)NC2CC2)c(Cl)cc1Cl. The Balaban J connectivity index is 1.79. The zero-order valence-corrected chi connectivity index (χ0v) is 16.9. The zero-order chi connectivity index (χ0) is 18.7. The van der Waals surface area contributed by atoms with Gasteiger partial charge in [0.2, 0.25) is 10.0 Å². The fraction of sp³-hybridized carbons (Fsp3) is 0.611. The van der Waals surface area contributed by atoms with Crippen molar-refractivity contribution >= 4 is 39.1 Å². The first-order valence-corrected chi connectivity index (χ1v) is 11.4. The Morgan fingerprint density at radius 3 is 2.12 bits per heavy atom. The minimum absolute atomic E-state index is 0.0191. The van der Waals surface area contributed by atoms with Crippen molar-refractivity contribution in [3.8, 4) is 0 Å². The molecule has 1 amide bonds. The van der Waals surface area contributed by atoms with E-state index in [2.05, 4.69) is 10.0 Å². The van der Waals surface area contributed by atoms with Crippen molar-refractivity contribution in [2.45, 2.75) is 74.8 Å². The van der Waals surface area contributed by atoms with Crippen molar-refractivity contribution in [2.75, 3.05) is 0 Å². The van der Waals surface area contributed by atoms with E-state index in [0.29, 0.717) is 0 Å². The molecule has 2 saturated carbocycles. The number of hydrogen-bond donors (Lipinski definition) is 2. The summed E-state index contributed by atoms with van der Waals surface area (Å²) in [6, 6.07) is 2.67. The van der Waals surface area contributed by atoms with Crippen LogP contribution in [-0.4, -0.2) is 26.4 Å². The first kappa shape index (κ1) is 19.9. The molecule has 2 N–H and O–H groups in total. The fourth-order valence-corrected chi connectivity index (χ4v) is 5.42. The molecule has 2 fully saturated rings. The lowest BCUT2D eigenvalue weighted by Crippen LogP contribution is -2.35. The van der Waals surface area contributed by atoms with Crippen LogP contribution in [0.2, 0.25) is 10.0 Å². The summed E-state index contributed by atoms with van der Waals surface area (Å²) in [5.41, 5.74) is 0.147. The minimum Gasteiger partial charge on any atom is -0.349 e. The average molecular weight is 419 g/mol. The lowest BCUT2D eigenvalue weighted by Gasteiger charge is -2.21. The van der Waals surface area contributed by atoms with Gasteiger partial charge in [-0.25, -0.2) is 13.1 Å². The zero-order valence-electron chi connectivity index (χ0n) is 14.6. The number of carbonyl (C=O) groups excluding carboxylic acids is 1. The highest BCUT2D eigenvalue weighted by atomic mass is 35.5. The van der Waals surface area contributed by atoms with Crippen LogP contribution in [0.5, 0.6) is 0 Å². The second-order valence-electron chi connectivity index (χ2n) is 7.17. The molecule has 0 atom stereocenters. The van der Waals surface area contributed by atoms with Crippen molar-refractivity contribution in [3.05, 3.63) is 27.7 Å². The molecule has 0 bridgehead atoms. The van der Waals surface area contributed by atoms with Gasteiger partial charge < -0.3 is 5.32 Å². The molecular formula is C18H24Cl2N2O3S. The van der Waals surface area contributed by atoms with Crippen molar-refractivity contribution in [1.82, 2.24) is 10.0 Å². The summed E-state index contributed by atoms with van der Waals surface area (Å²) in [7, 11) is -3.76. The lowest BCUT2D eigenvalue weighted by atomic mass is 9.96. The van der Waals surface area contributed by atoms with Crippen LogP contribution in [0.15, 0.2) is 17.0 Å². The molecule has 1 aromatic rings. The Morgan fingerprint density at radius 1 is 0.885 bits per heavy atom. The summed E-state index contributed by atoms with van der Waals surface area (Å²) in [4.78, 5) is 12.6. The van der Waals surface area contributed by atoms with Crippen LogP contribution in [0.3, 0.4) is 0 Å². The highest BCUT2D eigenvalue weighted by Crippen LogP contribution is 2.31. The fourth-order valence-electron chi connectivity index (χ4n) is 3.26. The predicted octanol–water partition coefficient (Wildman–Crippen LogP) is 4.28. The van der Waals surface area contributed by atoms with Crippen LogP contribution in [0.1, 0.15) is 68.1 Å². The number of carbonyl (C=O) groups is 1. The summed E-state index contributed by atoms with van der Waals surface area (Å²) in [5, 5.41) is 3.19. The third kappa shape index (κ3) is 5.12. The normalized spacial score (nSPS) is 19.6. The van der Waals surface area contributed by atoms with Crippen LogP contribution in [0, 0.1) is 0 Å². The maximum absolute atomic E-state index is 12.7. The van der Waals surface area contributed by atoms with E-state index in [-0.39, 0.29) is 38.5 Å². The second kappa shape index (κ2) is 8.46. The Hall–Kier alpha value is -0.820. The van der Waals surface area contributed by atoms with Gasteiger partial charge in [-0.05, 0) is 37.8 Å². The number of hydrogen-bond acceptors (Lipinski definition) is 3. The van der Waals surface area contributed by atoms with Gasteiger partial charge in [0, 0.05) is 12.1 Å². The molecule has 0 aliphatic heterocycles. The van der Waals surface area contributed by atoms with Gasteiger partial charge in [0.25, 0.3) is 5.91 Å². The van der Waals surface area contributed by atoms with E-state index in [1.807, 2.05) is 0 Å². The summed E-state index contributed by atoms with van der Waals surface area (Å²) < 4.78 is 27.6. The molecule has 3 rings (SSSR count). The predicted molar refractivity (Wildman–Crippen MR) is 103 cm³/mol. The molecule has 5 nitrogen and oxygen atoms in total. The Morgan fingerprint density at radius 2 is 1.50 bits per heavy atom. The van der Waals surface area contributed by atoms with Gasteiger partial charge in [-0.1, -0.05) is 55.3 Å². The highest BCUT2D eigenvalue weighted by molar-refractivity contribution is 7.89. The van der Waals surface area contributed by atoms with Gasteiger partial charge in [0.15, 0.2) is 0 Å². The molecule has 0 unspecified atom stereocenters. The van der Waals surface area contributed by atoms with Gasteiger partial charge in [0.1, 0.15) is 4.90 Å². The van der Waals surface area contributed by atoms with Crippen LogP contribution < -0.4 is 10.0 Å². The van der Waals surface area contributed by atoms with E-state index < -0.39 is 10.0 Å². The standard InChI is InChI=1S/C18H24Cl2N2O3S/c19-15-11-16(20)17(26(24,25)22-13-8-9-13)10-14(15)18(23)21-12-6-4-2-1-3-5-7-12/h10-13,22H,1-9H2,(H,21,23). The maximum Gasteiger partial charge on any atom is 0.253 e. The molecular weight excluding hydrogens is 395 g/mol. The topological polar surface area (TPSA) is 75.3 Å². The number of nitrogens with one attached hydrogen (secondary N) is 2. The Bertz CT molecular complexity index is 771. The van der Waals surface area contributed by atoms with E-state index in [4.69, 9.17) is 23.2 Å². The second-order valence-corrected chi connectivity index (χ2v) is 9.67. The third-order valence-electron chi connectivity index (χ3n) is 4.90. The van der Waals surface area contributed by atoms with Gasteiger partial charge in [-0.2, -0.15) is 0 Å². The summed E-state index contributed by atoms with van der Waals surface area (Å²) in [5.74, 6) is -0.347. The summed E-state index contributed by atoms with van der Waals surface area (Å²) in [6.45, 7) is 0. The van der Waals surface area contributed by atoms with Gasteiger partial charge >= 0.3 is 0 Å². The monoisotopic (exact) mass is 418 g/mol. The van der Waals surface area contributed by atoms with Crippen molar-refractivity contribution in [3.63, 3.8) is 0 Å². The van der Waals surface area contributed by atoms with Gasteiger partial charge in [0.05, 0.1) is 15.6 Å². The Kier molecular flexibility index (Phi) is 6.49. The minimum atomic E-state index is -3.76.